The molecule has 1 aromatic heterocycles. The van der Waals surface area contributed by atoms with E-state index in [2.05, 4.69) is 18.9 Å². The molecule has 0 radical (unpaired) electrons. The predicted molar refractivity (Wildman–Crippen MR) is 131 cm³/mol. The second-order valence-corrected chi connectivity index (χ2v) is 11.0. The zero-order valence-electron chi connectivity index (χ0n) is 18.8. The van der Waals surface area contributed by atoms with Crippen molar-refractivity contribution in [3.05, 3.63) is 40.2 Å². The van der Waals surface area contributed by atoms with Crippen LogP contribution in [0.15, 0.2) is 30.3 Å². The summed E-state index contributed by atoms with van der Waals surface area (Å²) in [4.78, 5) is 31.6. The van der Waals surface area contributed by atoms with Gasteiger partial charge in [0.05, 0.1) is 5.69 Å². The van der Waals surface area contributed by atoms with Crippen LogP contribution in [-0.4, -0.2) is 48.1 Å². The number of carboxylic acid groups (broad SMARTS) is 1. The molecule has 1 saturated heterocycles. The molecule has 0 atom stereocenters. The van der Waals surface area contributed by atoms with Crippen LogP contribution in [-0.2, 0) is 4.79 Å². The van der Waals surface area contributed by atoms with E-state index in [1.165, 1.54) is 11.3 Å². The van der Waals surface area contributed by atoms with Crippen molar-refractivity contribution in [2.24, 2.45) is 5.41 Å². The smallest absolute Gasteiger partial charge is 0.348 e. The van der Waals surface area contributed by atoms with Crippen LogP contribution in [0, 0.1) is 5.41 Å². The van der Waals surface area contributed by atoms with Gasteiger partial charge in [-0.1, -0.05) is 49.9 Å². The van der Waals surface area contributed by atoms with Crippen molar-refractivity contribution < 1.29 is 14.7 Å². The summed E-state index contributed by atoms with van der Waals surface area (Å²) in [6.45, 7) is 3.88. The third kappa shape index (κ3) is 4.73. The number of hydrogen-bond donors (Lipinski definition) is 1. The molecule has 2 fully saturated rings. The van der Waals surface area contributed by atoms with E-state index in [9.17, 15) is 14.7 Å². The maximum absolute atomic E-state index is 14.1. The van der Waals surface area contributed by atoms with Crippen molar-refractivity contribution in [2.45, 2.75) is 57.9 Å². The molecule has 7 heteroatoms. The number of halogens is 1. The van der Waals surface area contributed by atoms with Gasteiger partial charge in [0, 0.05) is 21.4 Å². The van der Waals surface area contributed by atoms with E-state index in [1.54, 1.807) is 12.1 Å². The van der Waals surface area contributed by atoms with E-state index < -0.39 is 11.4 Å². The monoisotopic (exact) mass is 474 g/mol. The number of likely N-dealkylation sites (tertiary alicyclic amines) is 1. The lowest BCUT2D eigenvalue weighted by molar-refractivity contribution is -0.129. The normalized spacial score (nSPS) is 19.6. The van der Waals surface area contributed by atoms with Crippen molar-refractivity contribution in [1.29, 1.82) is 0 Å². The highest BCUT2D eigenvalue weighted by Crippen LogP contribution is 2.44. The average molecular weight is 475 g/mol. The molecule has 0 spiro atoms. The molecule has 2 heterocycles. The summed E-state index contributed by atoms with van der Waals surface area (Å²) in [5.41, 5.74) is 1.03. The van der Waals surface area contributed by atoms with E-state index in [4.69, 9.17) is 11.6 Å². The van der Waals surface area contributed by atoms with Gasteiger partial charge in [-0.25, -0.2) is 4.79 Å². The van der Waals surface area contributed by atoms with Crippen LogP contribution in [0.2, 0.25) is 5.02 Å². The summed E-state index contributed by atoms with van der Waals surface area (Å²) < 4.78 is 0. The number of nitrogens with zero attached hydrogens (tertiary/aromatic N) is 2. The fourth-order valence-electron chi connectivity index (χ4n) is 5.03. The second kappa shape index (κ2) is 9.54. The van der Waals surface area contributed by atoms with Gasteiger partial charge in [0.2, 0.25) is 5.91 Å². The molecule has 32 heavy (non-hydrogen) atoms. The maximum atomic E-state index is 14.1. The van der Waals surface area contributed by atoms with E-state index in [1.807, 2.05) is 23.1 Å². The van der Waals surface area contributed by atoms with Gasteiger partial charge in [0.15, 0.2) is 0 Å². The molecule has 5 nitrogen and oxygen atoms in total. The number of carbonyl (C=O) groups excluding carboxylic acids is 1. The van der Waals surface area contributed by atoms with Crippen molar-refractivity contribution in [3.63, 3.8) is 0 Å². The molecule has 1 saturated carbocycles. The number of aromatic carboxylic acids is 1. The summed E-state index contributed by atoms with van der Waals surface area (Å²) in [7, 11) is 2.09. The average Bonchev–Trinajstić information content (AvgIpc) is 3.21. The Balaban J connectivity index is 1.78. The third-order valence-electron chi connectivity index (χ3n) is 7.04. The molecule has 1 aliphatic carbocycles. The number of piperidine rings is 1. The molecule has 1 aromatic carbocycles. The minimum Gasteiger partial charge on any atom is -0.477 e. The fourth-order valence-corrected chi connectivity index (χ4v) is 6.15. The molecule has 0 bridgehead atoms. The lowest BCUT2D eigenvalue weighted by Gasteiger charge is -2.43. The van der Waals surface area contributed by atoms with Gasteiger partial charge in [0.25, 0.3) is 0 Å². The number of rotatable bonds is 5. The molecular weight excluding hydrogens is 444 g/mol. The summed E-state index contributed by atoms with van der Waals surface area (Å²) in [6, 6.07) is 9.32. The highest BCUT2D eigenvalue weighted by atomic mass is 35.5. The van der Waals surface area contributed by atoms with Gasteiger partial charge in [-0.3, -0.25) is 4.79 Å². The van der Waals surface area contributed by atoms with Crippen LogP contribution in [0.3, 0.4) is 0 Å². The van der Waals surface area contributed by atoms with Crippen LogP contribution in [0.5, 0.6) is 0 Å². The number of thiophene rings is 1. The highest BCUT2D eigenvalue weighted by Gasteiger charge is 2.42. The van der Waals surface area contributed by atoms with Crippen molar-refractivity contribution in [1.82, 2.24) is 4.90 Å². The van der Waals surface area contributed by atoms with Crippen molar-refractivity contribution in [3.8, 4) is 10.4 Å². The lowest BCUT2D eigenvalue weighted by atomic mass is 9.74. The Morgan fingerprint density at radius 2 is 1.75 bits per heavy atom. The standard InChI is InChI=1S/C25H31ClN2O3S/c1-25(12-4-3-5-13-25)24(31)28(19-10-14-27(2)15-11-19)20-16-21(32-22(20)23(29)30)17-6-8-18(26)9-7-17/h6-9,16,19H,3-5,10-15H2,1-2H3,(H,29,30). The molecule has 172 valence electrons. The van der Waals surface area contributed by atoms with Crippen LogP contribution in [0.25, 0.3) is 10.4 Å². The molecular formula is C25H31ClN2O3S. The topological polar surface area (TPSA) is 60.9 Å². The summed E-state index contributed by atoms with van der Waals surface area (Å²) >= 11 is 7.28. The van der Waals surface area contributed by atoms with Gasteiger partial charge < -0.3 is 14.9 Å². The summed E-state index contributed by atoms with van der Waals surface area (Å²) in [5.74, 6) is -0.889. The Morgan fingerprint density at radius 3 is 2.34 bits per heavy atom. The van der Waals surface area contributed by atoms with Gasteiger partial charge in [-0.05, 0) is 69.6 Å². The minimum absolute atomic E-state index is 0.0169. The first-order valence-corrected chi connectivity index (χ1v) is 12.6. The number of amides is 1. The first-order chi connectivity index (χ1) is 15.3. The Bertz CT molecular complexity index is 974. The number of anilines is 1. The Morgan fingerprint density at radius 1 is 1.12 bits per heavy atom. The van der Waals surface area contributed by atoms with E-state index in [-0.39, 0.29) is 16.8 Å². The largest absolute Gasteiger partial charge is 0.477 e. The minimum atomic E-state index is -0.982. The van der Waals surface area contributed by atoms with Gasteiger partial charge in [-0.2, -0.15) is 0 Å². The zero-order chi connectivity index (χ0) is 22.9. The molecule has 0 unspecified atom stereocenters. The Labute approximate surface area is 199 Å². The van der Waals surface area contributed by atoms with E-state index >= 15 is 0 Å². The summed E-state index contributed by atoms with van der Waals surface area (Å²) in [5, 5.41) is 10.7. The SMILES string of the molecule is CN1CCC(N(C(=O)C2(C)CCCCC2)c2cc(-c3ccc(Cl)cc3)sc2C(=O)O)CC1. The first kappa shape index (κ1) is 23.3. The molecule has 1 aliphatic heterocycles. The van der Waals surface area contributed by atoms with Crippen molar-refractivity contribution >= 4 is 40.5 Å². The number of benzene rings is 1. The molecule has 4 rings (SSSR count). The lowest BCUT2D eigenvalue weighted by Crippen LogP contribution is -2.52. The quantitative estimate of drug-likeness (QED) is 0.563. The van der Waals surface area contributed by atoms with Crippen LogP contribution >= 0.6 is 22.9 Å². The van der Waals surface area contributed by atoms with Crippen LogP contribution in [0.4, 0.5) is 5.69 Å². The van der Waals surface area contributed by atoms with E-state index in [0.29, 0.717) is 10.7 Å². The summed E-state index contributed by atoms with van der Waals surface area (Å²) in [6.07, 6.45) is 6.70. The Hall–Kier alpha value is -1.89. The van der Waals surface area contributed by atoms with Gasteiger partial charge in [-0.15, -0.1) is 11.3 Å². The maximum Gasteiger partial charge on any atom is 0.348 e. The van der Waals surface area contributed by atoms with Crippen LogP contribution in [0.1, 0.15) is 61.5 Å². The first-order valence-electron chi connectivity index (χ1n) is 11.4. The molecule has 1 N–H and O–H groups in total. The fraction of sp³-hybridized carbons (Fsp3) is 0.520. The third-order valence-corrected chi connectivity index (χ3v) is 8.45. The zero-order valence-corrected chi connectivity index (χ0v) is 20.3. The molecule has 2 aromatic rings. The predicted octanol–water partition coefficient (Wildman–Crippen LogP) is 6.16. The van der Waals surface area contributed by atoms with Crippen LogP contribution < -0.4 is 4.90 Å². The van der Waals surface area contributed by atoms with E-state index in [0.717, 1.165) is 68.5 Å². The van der Waals surface area contributed by atoms with Gasteiger partial charge >= 0.3 is 5.97 Å². The van der Waals surface area contributed by atoms with Crippen molar-refractivity contribution in [2.75, 3.05) is 25.0 Å². The Kier molecular flexibility index (Phi) is 6.94. The number of carboxylic acids is 1. The van der Waals surface area contributed by atoms with Gasteiger partial charge in [0.1, 0.15) is 4.88 Å². The molecule has 1 amide bonds. The highest BCUT2D eigenvalue weighted by molar-refractivity contribution is 7.18. The second-order valence-electron chi connectivity index (χ2n) is 9.47. The number of hydrogen-bond acceptors (Lipinski definition) is 4. The number of carbonyl (C=O) groups is 2. The molecule has 2 aliphatic rings.